The molecular weight excluding hydrogens is 1820 g/mol. The number of aromatic nitrogens is 24. The molecule has 656 valence electrons. The average Bonchev–Trinajstić information content (AvgIpc) is 1.65. The third-order valence-electron chi connectivity index (χ3n) is 20.8. The third-order valence-corrected chi connectivity index (χ3v) is 28.8. The molecule has 53 nitrogen and oxygen atoms in total. The summed E-state index contributed by atoms with van der Waals surface area (Å²) in [6.45, 7) is -25.8. The second-order valence-electron chi connectivity index (χ2n) is 28.5. The van der Waals surface area contributed by atoms with E-state index < -0.39 is 184 Å². The smallest absolute Gasteiger partial charge is 0.386 e. The number of fused-ring (bicyclic) bond motifs is 6. The van der Waals surface area contributed by atoms with E-state index in [1.165, 1.54) is 89.6 Å². The summed E-state index contributed by atoms with van der Waals surface area (Å²) in [5.74, 6) is 0.499. The Morgan fingerprint density at radius 2 is 0.545 bits per heavy atom. The number of hydrogen-bond donors (Lipinski definition) is 13. The zero-order valence-electron chi connectivity index (χ0n) is 62.9. The molecule has 6 fully saturated rings. The normalized spacial score (nSPS) is 29.4. The Kier molecular flexibility index (Phi) is 24.2. The Morgan fingerprint density at radius 1 is 0.333 bits per heavy atom. The van der Waals surface area contributed by atoms with E-state index in [9.17, 15) is 34.4 Å². The van der Waals surface area contributed by atoms with Crippen molar-refractivity contribution >= 4 is 195 Å². The van der Waals surface area contributed by atoms with Crippen LogP contribution in [0.3, 0.4) is 0 Å². The molecular formula is C60H73N30O23P5S5. The van der Waals surface area contributed by atoms with E-state index in [-0.39, 0.29) is 118 Å². The predicted molar refractivity (Wildman–Crippen MR) is 439 cm³/mol. The quantitative estimate of drug-likeness (QED) is 0.0210. The van der Waals surface area contributed by atoms with Crippen molar-refractivity contribution in [2.24, 2.45) is 0 Å². The first-order valence-electron chi connectivity index (χ1n) is 37.0. The summed E-state index contributed by atoms with van der Waals surface area (Å²) in [6, 6.07) is 0. The van der Waals surface area contributed by atoms with Gasteiger partial charge in [-0.05, 0) is 47.2 Å². The van der Waals surface area contributed by atoms with Crippen LogP contribution in [-0.4, -0.2) is 260 Å². The van der Waals surface area contributed by atoms with E-state index in [1.807, 2.05) is 0 Å². The van der Waals surface area contributed by atoms with Crippen molar-refractivity contribution in [2.45, 2.75) is 149 Å². The molecule has 23 atom stereocenters. The van der Waals surface area contributed by atoms with Gasteiger partial charge in [0, 0.05) is 38.5 Å². The molecule has 0 aromatic carbocycles. The zero-order chi connectivity index (χ0) is 85.8. The van der Waals surface area contributed by atoms with Gasteiger partial charge in [-0.3, -0.25) is 36.5 Å². The van der Waals surface area contributed by atoms with Crippen LogP contribution in [0.2, 0.25) is 0 Å². The molecule has 0 radical (unpaired) electrons. The molecule has 18 rings (SSSR count). The number of thiol groups is 1. The highest BCUT2D eigenvalue weighted by atomic mass is 32.7. The second-order valence-corrected chi connectivity index (χ2v) is 42.5. The van der Waals surface area contributed by atoms with Crippen LogP contribution >= 0.6 is 45.9 Å². The molecule has 6 aliphatic heterocycles. The van der Waals surface area contributed by atoms with Gasteiger partial charge in [-0.1, -0.05) is 12.2 Å². The SMILES string of the molecule is Nc1ncnc2c1ncn2C1CC(O)C(COP(O)(=S)OC2CC(n3cnc4c(N)ncnc43)OC2COP(O)(=S)OC2CC(n3cnc4c(N)ncnc43)OC2COP(O)(=S)OC2CC(n3cnc4c(N)ncnc43)OC2COP(=O)(S)OC2CC(n3cnc4c(N)ncnc43)OC2COP(O)(=S)OC2CC(n3cnc4c(N)ncnc43)OC2CO)O1. The molecule has 0 bridgehead atoms. The summed E-state index contributed by atoms with van der Waals surface area (Å²) in [7, 11) is 0. The Hall–Kier alpha value is -7.60. The molecule has 18 heterocycles. The maximum atomic E-state index is 14.9. The minimum absolute atomic E-state index is 0.0322. The van der Waals surface area contributed by atoms with Crippen molar-refractivity contribution < 1.29 is 108 Å². The molecule has 6 aliphatic rings. The largest absolute Gasteiger partial charge is 0.394 e. The first-order chi connectivity index (χ1) is 58.9. The third kappa shape index (κ3) is 18.0. The zero-order valence-corrected chi connectivity index (χ0v) is 71.6. The fourth-order valence-corrected chi connectivity index (χ4v) is 22.5. The van der Waals surface area contributed by atoms with E-state index in [4.69, 9.17) is 155 Å². The fraction of sp³-hybridized carbons (Fsp3) is 0.500. The van der Waals surface area contributed by atoms with E-state index in [0.717, 1.165) is 0 Å². The molecule has 0 spiro atoms. The average molecular weight is 1900 g/mol. The summed E-state index contributed by atoms with van der Waals surface area (Å²) < 4.78 is 124. The van der Waals surface area contributed by atoms with Gasteiger partial charge < -0.3 is 129 Å². The van der Waals surface area contributed by atoms with Crippen LogP contribution in [0, 0.1) is 0 Å². The summed E-state index contributed by atoms with van der Waals surface area (Å²) in [4.78, 5) is 124. The standard InChI is InChI=1S/C60H73N30O23P5S5/c61-49-43-55(73-13-67-49)85(19-79-43)37-1-25(92)32(104-37)8-98-114(93,119)110-27-3-39(87-21-81-45-51(63)69-15-75-57(45)87)106-34(27)10-100-116(95,121)112-29-5-41(89-23-83-47-53(65)71-17-77-59(47)89)108-36(29)12-102-118(97,123)113-30-6-42(90-24-84-48-54(66)72-18-78-60(48)90)107-35(30)11-101-117(96,122)111-28-4-40(88-22-82-46-52(64)70-16-76-58(46)88)105-33(28)9-99-115(94,120)109-26-2-38(103-31(26)7-91)86-20-80-44-50(62)68-14-74-56(44)86/h13-42,91-92H,1-12H2,(H,93,119)(H,94,120)(H,95,121)(H,96,122)(H,97,123)(H2,61,67,73)(H2,62,68,74)(H2,63,69,75)(H2,64,70,76)(H2,65,71,77)(H2,66,72,78). The summed E-state index contributed by atoms with van der Waals surface area (Å²) in [6.07, 6.45) is -4.53. The summed E-state index contributed by atoms with van der Waals surface area (Å²) in [5, 5.41) is 21.6. The molecule has 12 aromatic heterocycles. The first kappa shape index (κ1) is 86.2. The lowest BCUT2D eigenvalue weighted by Crippen LogP contribution is -2.32. The summed E-state index contributed by atoms with van der Waals surface area (Å²) >= 11 is 27.1. The van der Waals surface area contributed by atoms with Crippen molar-refractivity contribution in [3.63, 3.8) is 0 Å². The van der Waals surface area contributed by atoms with Crippen molar-refractivity contribution in [3.8, 4) is 0 Å². The van der Waals surface area contributed by atoms with Crippen LogP contribution in [0.25, 0.3) is 67.0 Å². The van der Waals surface area contributed by atoms with E-state index in [2.05, 4.69) is 102 Å². The van der Waals surface area contributed by atoms with E-state index >= 15 is 0 Å². The number of rotatable bonds is 32. The number of hydrogen-bond acceptors (Lipinski definition) is 47. The topological polar surface area (TPSA) is 704 Å². The Labute approximate surface area is 715 Å². The minimum Gasteiger partial charge on any atom is -0.394 e. The first-order valence-corrected chi connectivity index (χ1v) is 50.0. The van der Waals surface area contributed by atoms with Crippen LogP contribution in [0.1, 0.15) is 75.9 Å². The van der Waals surface area contributed by atoms with Gasteiger partial charge in [0.05, 0.1) is 108 Å². The number of anilines is 6. The van der Waals surface area contributed by atoms with Crippen molar-refractivity contribution in [1.29, 1.82) is 0 Å². The molecule has 18 N–H and O–H groups in total. The van der Waals surface area contributed by atoms with Crippen LogP contribution in [0.4, 0.5) is 34.9 Å². The molecule has 0 saturated carbocycles. The maximum absolute atomic E-state index is 14.9. The lowest BCUT2D eigenvalue weighted by atomic mass is 10.2. The van der Waals surface area contributed by atoms with Crippen molar-refractivity contribution in [2.75, 3.05) is 74.0 Å². The molecule has 63 heteroatoms. The van der Waals surface area contributed by atoms with Gasteiger partial charge in [0.15, 0.2) is 68.8 Å². The molecule has 23 unspecified atom stereocenters. The van der Waals surface area contributed by atoms with Crippen molar-refractivity contribution in [1.82, 2.24) is 117 Å². The van der Waals surface area contributed by atoms with Gasteiger partial charge in [0.2, 0.25) is 0 Å². The van der Waals surface area contributed by atoms with Crippen LogP contribution in [-0.2, 0) is 125 Å². The fourth-order valence-electron chi connectivity index (χ4n) is 15.0. The second kappa shape index (κ2) is 34.5. The van der Waals surface area contributed by atoms with Gasteiger partial charge in [-0.15, -0.1) is 0 Å². The summed E-state index contributed by atoms with van der Waals surface area (Å²) in [5.41, 5.74) is 40.0. The maximum Gasteiger partial charge on any atom is 0.386 e. The highest BCUT2D eigenvalue weighted by molar-refractivity contribution is 8.44. The van der Waals surface area contributed by atoms with Gasteiger partial charge >= 0.3 is 33.7 Å². The molecule has 123 heavy (non-hydrogen) atoms. The minimum atomic E-state index is -4.65. The lowest BCUT2D eigenvalue weighted by molar-refractivity contribution is -0.0554. The van der Waals surface area contributed by atoms with E-state index in [0.29, 0.717) is 22.3 Å². The number of ether oxygens (including phenoxy) is 6. The predicted octanol–water partition coefficient (Wildman–Crippen LogP) is 1.51. The molecule has 6 saturated heterocycles. The Balaban J connectivity index is 0.561. The monoisotopic (exact) mass is 1900 g/mol. The molecule has 12 aromatic rings. The molecule has 0 aliphatic carbocycles. The molecule has 0 amide bonds. The van der Waals surface area contributed by atoms with Crippen LogP contribution < -0.4 is 34.4 Å². The van der Waals surface area contributed by atoms with Crippen molar-refractivity contribution in [3.05, 3.63) is 75.9 Å². The number of aliphatic hydroxyl groups excluding tert-OH is 2. The number of imidazole rings is 6. The van der Waals surface area contributed by atoms with Crippen LogP contribution in [0.5, 0.6) is 0 Å². The number of nitrogen functional groups attached to an aromatic ring is 6. The highest BCUT2D eigenvalue weighted by Crippen LogP contribution is 2.60. The van der Waals surface area contributed by atoms with Gasteiger partial charge in [-0.25, -0.2) is 94.3 Å². The van der Waals surface area contributed by atoms with Gasteiger partial charge in [0.1, 0.15) is 151 Å². The van der Waals surface area contributed by atoms with Crippen LogP contribution in [0.15, 0.2) is 75.9 Å². The van der Waals surface area contributed by atoms with Gasteiger partial charge in [-0.2, -0.15) is 0 Å². The Morgan fingerprint density at radius 3 is 0.805 bits per heavy atom. The van der Waals surface area contributed by atoms with E-state index in [1.54, 1.807) is 13.7 Å². The number of nitrogens with two attached hydrogens (primary N) is 6. The lowest BCUT2D eigenvalue weighted by Gasteiger charge is -2.28. The highest BCUT2D eigenvalue weighted by Gasteiger charge is 2.50. The Bertz CT molecular complexity index is 6230. The number of aliphatic hydroxyl groups is 2. The van der Waals surface area contributed by atoms with Gasteiger partial charge in [0.25, 0.3) is 0 Å². The number of nitrogens with zero attached hydrogens (tertiary/aromatic N) is 24.